The van der Waals surface area contributed by atoms with Crippen molar-refractivity contribution in [1.29, 1.82) is 0 Å². The van der Waals surface area contributed by atoms with Gasteiger partial charge in [-0.1, -0.05) is 13.0 Å². The number of carboxylic acid groups (broad SMARTS) is 1. The molecule has 0 spiro atoms. The summed E-state index contributed by atoms with van der Waals surface area (Å²) in [4.78, 5) is 19.7. The van der Waals surface area contributed by atoms with Gasteiger partial charge in [-0.2, -0.15) is 4.98 Å². The number of fused-ring (bicyclic) bond motifs is 1. The molecule has 0 radical (unpaired) electrons. The zero-order chi connectivity index (χ0) is 14.1. The third kappa shape index (κ3) is 3.24. The Morgan fingerprint density at radius 1 is 1.33 bits per heavy atom. The Bertz CT molecular complexity index is 635. The number of likely N-dealkylation sites (N-methyl/N-ethyl adjacent to an activating group) is 1. The Morgan fingerprint density at radius 3 is 2.67 bits per heavy atom. The van der Waals surface area contributed by atoms with Crippen LogP contribution < -0.4 is 28.9 Å². The summed E-state index contributed by atoms with van der Waals surface area (Å²) in [6.07, 6.45) is 0. The van der Waals surface area contributed by atoms with Crippen LogP contribution in [0, 0.1) is 0 Å². The average molecular weight is 281 g/mol. The van der Waals surface area contributed by atoms with Gasteiger partial charge in [-0.15, -0.1) is 0 Å². The van der Waals surface area contributed by atoms with E-state index in [9.17, 15) is 9.90 Å². The topological polar surface area (TPSA) is 72.6 Å². The van der Waals surface area contributed by atoms with Gasteiger partial charge in [-0.3, -0.25) is 0 Å². The molecule has 0 atom stereocenters. The van der Waals surface area contributed by atoms with Crippen LogP contribution in [0.2, 0.25) is 0 Å². The predicted molar refractivity (Wildman–Crippen MR) is 72.7 cm³/mol. The standard InChI is InChI=1S/C14H17N3O3.Li/c1-2-16-5-7-17(8-6-16)14-15-11-4-3-10(13(18)19)9-12(11)20-14;/h3-4,9H,2,5-8H2,1H3,(H,18,19);/q;+1/p-1. The van der Waals surface area contributed by atoms with Crippen LogP contribution in [0.4, 0.5) is 6.01 Å². The minimum Gasteiger partial charge on any atom is -0.545 e. The zero-order valence-corrected chi connectivity index (χ0v) is 12.3. The van der Waals surface area contributed by atoms with Crippen molar-refractivity contribution in [3.8, 4) is 0 Å². The summed E-state index contributed by atoms with van der Waals surface area (Å²) in [6, 6.07) is 5.16. The van der Waals surface area contributed by atoms with Gasteiger partial charge in [0, 0.05) is 31.7 Å². The Kier molecular flexibility index (Phi) is 4.94. The zero-order valence-electron chi connectivity index (χ0n) is 12.3. The molecule has 3 rings (SSSR count). The van der Waals surface area contributed by atoms with E-state index in [1.54, 1.807) is 6.07 Å². The van der Waals surface area contributed by atoms with Gasteiger partial charge in [0.25, 0.3) is 6.01 Å². The van der Waals surface area contributed by atoms with E-state index >= 15 is 0 Å². The number of carboxylic acids is 1. The summed E-state index contributed by atoms with van der Waals surface area (Å²) < 4.78 is 5.67. The molecule has 2 aromatic rings. The number of piperazine rings is 1. The number of rotatable bonds is 3. The molecule has 1 aromatic carbocycles. The molecule has 6 nitrogen and oxygen atoms in total. The number of hydrogen-bond acceptors (Lipinski definition) is 6. The predicted octanol–water partition coefficient (Wildman–Crippen LogP) is -2.66. The van der Waals surface area contributed by atoms with Crippen LogP contribution >= 0.6 is 0 Å². The minimum atomic E-state index is -1.21. The summed E-state index contributed by atoms with van der Waals surface area (Å²) in [6.45, 7) is 6.91. The molecule has 1 saturated heterocycles. The van der Waals surface area contributed by atoms with Crippen molar-refractivity contribution < 1.29 is 33.2 Å². The number of aromatic carboxylic acids is 1. The summed E-state index contributed by atoms with van der Waals surface area (Å²) in [5.74, 6) is -1.21. The van der Waals surface area contributed by atoms with Gasteiger partial charge in [0.2, 0.25) is 0 Å². The van der Waals surface area contributed by atoms with Gasteiger partial charge in [-0.25, -0.2) is 0 Å². The number of aromatic nitrogens is 1. The smallest absolute Gasteiger partial charge is 0.545 e. The van der Waals surface area contributed by atoms with Gasteiger partial charge >= 0.3 is 18.9 Å². The summed E-state index contributed by atoms with van der Waals surface area (Å²) in [7, 11) is 0. The number of anilines is 1. The summed E-state index contributed by atoms with van der Waals surface area (Å²) in [5.41, 5.74) is 1.26. The largest absolute Gasteiger partial charge is 1.00 e. The third-order valence-corrected chi connectivity index (χ3v) is 3.70. The molecule has 7 heteroatoms. The first kappa shape index (κ1) is 15.9. The molecule has 1 aromatic heterocycles. The Hall–Kier alpha value is -1.48. The number of oxazole rings is 1. The molecule has 0 bridgehead atoms. The first-order valence-corrected chi connectivity index (χ1v) is 6.76. The van der Waals surface area contributed by atoms with Crippen LogP contribution in [0.1, 0.15) is 17.3 Å². The summed E-state index contributed by atoms with van der Waals surface area (Å²) >= 11 is 0. The molecule has 1 aliphatic rings. The van der Waals surface area contributed by atoms with Crippen molar-refractivity contribution in [2.24, 2.45) is 0 Å². The fourth-order valence-electron chi connectivity index (χ4n) is 2.43. The summed E-state index contributed by atoms with van der Waals surface area (Å²) in [5, 5.41) is 10.8. The molecule has 2 heterocycles. The molecule has 106 valence electrons. The van der Waals surface area contributed by atoms with E-state index in [-0.39, 0.29) is 24.4 Å². The molecular weight excluding hydrogens is 265 g/mol. The van der Waals surface area contributed by atoms with Crippen LogP contribution in [0.5, 0.6) is 0 Å². The second kappa shape index (κ2) is 6.52. The molecule has 0 aliphatic carbocycles. The maximum Gasteiger partial charge on any atom is 1.00 e. The van der Waals surface area contributed by atoms with Gasteiger partial charge in [0.1, 0.15) is 5.52 Å². The quantitative estimate of drug-likeness (QED) is 0.572. The maximum atomic E-state index is 10.8. The molecule has 21 heavy (non-hydrogen) atoms. The number of carbonyl (C=O) groups is 1. The molecular formula is C14H16LiN3O3. The molecule has 1 fully saturated rings. The van der Waals surface area contributed by atoms with Crippen molar-refractivity contribution in [2.45, 2.75) is 6.92 Å². The second-order valence-electron chi connectivity index (χ2n) is 4.89. The number of benzene rings is 1. The van der Waals surface area contributed by atoms with Crippen molar-refractivity contribution in [3.63, 3.8) is 0 Å². The van der Waals surface area contributed by atoms with E-state index in [2.05, 4.69) is 21.7 Å². The Morgan fingerprint density at radius 2 is 2.05 bits per heavy atom. The number of carbonyl (C=O) groups excluding carboxylic acids is 1. The molecule has 0 unspecified atom stereocenters. The van der Waals surface area contributed by atoms with Crippen LogP contribution in [0.25, 0.3) is 11.1 Å². The van der Waals surface area contributed by atoms with E-state index < -0.39 is 5.97 Å². The normalized spacial score (nSPS) is 16.0. The van der Waals surface area contributed by atoms with Crippen molar-refractivity contribution in [1.82, 2.24) is 9.88 Å². The number of nitrogens with zero attached hydrogens (tertiary/aromatic N) is 3. The van der Waals surface area contributed by atoms with Crippen LogP contribution in [-0.2, 0) is 0 Å². The van der Waals surface area contributed by atoms with Gasteiger partial charge in [-0.05, 0) is 18.7 Å². The van der Waals surface area contributed by atoms with E-state index in [1.807, 2.05) is 0 Å². The van der Waals surface area contributed by atoms with Crippen LogP contribution in [0.15, 0.2) is 22.6 Å². The Balaban J connectivity index is 0.00000161. The van der Waals surface area contributed by atoms with E-state index in [0.29, 0.717) is 17.1 Å². The van der Waals surface area contributed by atoms with Crippen LogP contribution in [0.3, 0.4) is 0 Å². The SMILES string of the molecule is CCN1CCN(c2nc3ccc(C(=O)[O-])cc3o2)CC1.[Li+]. The maximum absolute atomic E-state index is 10.8. The fraction of sp³-hybridized carbons (Fsp3) is 0.429. The van der Waals surface area contributed by atoms with Crippen molar-refractivity contribution in [3.05, 3.63) is 23.8 Å². The monoisotopic (exact) mass is 281 g/mol. The van der Waals surface area contributed by atoms with Crippen LogP contribution in [-0.4, -0.2) is 48.6 Å². The first-order valence-electron chi connectivity index (χ1n) is 6.76. The van der Waals surface area contributed by atoms with Gasteiger partial charge in [0.05, 0.1) is 5.97 Å². The van der Waals surface area contributed by atoms with E-state index in [0.717, 1.165) is 32.7 Å². The molecule has 1 aliphatic heterocycles. The third-order valence-electron chi connectivity index (χ3n) is 3.70. The fourth-order valence-corrected chi connectivity index (χ4v) is 2.43. The van der Waals surface area contributed by atoms with E-state index in [1.165, 1.54) is 12.1 Å². The van der Waals surface area contributed by atoms with E-state index in [4.69, 9.17) is 4.42 Å². The molecule has 0 saturated carbocycles. The Labute approximate surface area is 134 Å². The van der Waals surface area contributed by atoms with Crippen molar-refractivity contribution >= 4 is 23.1 Å². The second-order valence-corrected chi connectivity index (χ2v) is 4.89. The average Bonchev–Trinajstić information content (AvgIpc) is 2.90. The van der Waals surface area contributed by atoms with Gasteiger partial charge < -0.3 is 24.1 Å². The van der Waals surface area contributed by atoms with Crippen molar-refractivity contribution in [2.75, 3.05) is 37.6 Å². The minimum absolute atomic E-state index is 0. The molecule has 0 N–H and O–H groups in total. The van der Waals surface area contributed by atoms with Gasteiger partial charge in [0.15, 0.2) is 5.58 Å². The number of hydrogen-bond donors (Lipinski definition) is 0. The first-order chi connectivity index (χ1) is 9.67. The molecule has 0 amide bonds.